The molecule has 8 nitrogen and oxygen atoms in total. The van der Waals surface area contributed by atoms with Crippen LogP contribution in [0, 0.1) is 5.82 Å². The maximum atomic E-state index is 14.0. The fourth-order valence-corrected chi connectivity index (χ4v) is 3.98. The van der Waals surface area contributed by atoms with Crippen LogP contribution in [-0.2, 0) is 17.9 Å². The van der Waals surface area contributed by atoms with Crippen molar-refractivity contribution in [2.45, 2.75) is 20.1 Å². The Balaban J connectivity index is 1.56. The van der Waals surface area contributed by atoms with Crippen LogP contribution in [0.2, 0.25) is 5.02 Å². The molecule has 1 aliphatic rings. The minimum absolute atomic E-state index is 0.000918. The third-order valence-corrected chi connectivity index (χ3v) is 5.73. The van der Waals surface area contributed by atoms with Gasteiger partial charge in [-0.15, -0.1) is 0 Å². The van der Waals surface area contributed by atoms with Gasteiger partial charge in [0.05, 0.1) is 23.7 Å². The predicted molar refractivity (Wildman–Crippen MR) is 134 cm³/mol. The number of hydrogen-bond acceptors (Lipinski definition) is 5. The molecule has 0 unspecified atom stereocenters. The molecule has 37 heavy (non-hydrogen) atoms. The highest BCUT2D eigenvalue weighted by atomic mass is 35.5. The van der Waals surface area contributed by atoms with Gasteiger partial charge in [0.15, 0.2) is 11.5 Å². The summed E-state index contributed by atoms with van der Waals surface area (Å²) in [6.07, 6.45) is 1.44. The zero-order chi connectivity index (χ0) is 26.5. The van der Waals surface area contributed by atoms with Crippen molar-refractivity contribution in [2.75, 3.05) is 6.61 Å². The van der Waals surface area contributed by atoms with Crippen LogP contribution < -0.4 is 14.8 Å². The van der Waals surface area contributed by atoms with Crippen molar-refractivity contribution in [1.29, 1.82) is 0 Å². The summed E-state index contributed by atoms with van der Waals surface area (Å²) in [6.45, 7) is 1.91. The van der Waals surface area contributed by atoms with Crippen molar-refractivity contribution in [3.8, 4) is 11.5 Å². The molecule has 1 fully saturated rings. The number of halogens is 2. The van der Waals surface area contributed by atoms with Gasteiger partial charge in [0.2, 0.25) is 0 Å². The molecule has 0 bridgehead atoms. The quantitative estimate of drug-likeness (QED) is 0.293. The summed E-state index contributed by atoms with van der Waals surface area (Å²) >= 11 is 6.47. The van der Waals surface area contributed by atoms with Gasteiger partial charge in [-0.25, -0.2) is 14.0 Å². The van der Waals surface area contributed by atoms with E-state index in [1.54, 1.807) is 37.3 Å². The number of carboxylic acid groups (broad SMARTS) is 1. The van der Waals surface area contributed by atoms with Crippen LogP contribution in [-0.4, -0.2) is 34.5 Å². The van der Waals surface area contributed by atoms with E-state index in [4.69, 9.17) is 21.1 Å². The van der Waals surface area contributed by atoms with E-state index >= 15 is 0 Å². The highest BCUT2D eigenvalue weighted by Gasteiger charge is 2.34. The van der Waals surface area contributed by atoms with Crippen LogP contribution in [0.5, 0.6) is 11.5 Å². The molecule has 3 aromatic carbocycles. The first kappa shape index (κ1) is 25.7. The molecule has 4 rings (SSSR count). The molecule has 1 saturated heterocycles. The number of hydrogen-bond donors (Lipinski definition) is 2. The second kappa shape index (κ2) is 11.1. The summed E-state index contributed by atoms with van der Waals surface area (Å²) in [5, 5.41) is 11.9. The minimum atomic E-state index is -1.05. The van der Waals surface area contributed by atoms with Gasteiger partial charge < -0.3 is 19.9 Å². The Kier molecular flexibility index (Phi) is 7.74. The van der Waals surface area contributed by atoms with E-state index < -0.39 is 23.7 Å². The Labute approximate surface area is 216 Å². The Morgan fingerprint density at radius 3 is 2.62 bits per heavy atom. The number of nitrogens with one attached hydrogen (secondary N) is 1. The summed E-state index contributed by atoms with van der Waals surface area (Å²) in [7, 11) is 0. The number of carbonyl (C=O) groups is 3. The van der Waals surface area contributed by atoms with Gasteiger partial charge >= 0.3 is 12.0 Å². The molecule has 2 N–H and O–H groups in total. The number of nitrogens with zero attached hydrogens (tertiary/aromatic N) is 1. The number of ether oxygens (including phenoxy) is 2. The largest absolute Gasteiger partial charge is 0.490 e. The third-order valence-electron chi connectivity index (χ3n) is 5.45. The lowest BCUT2D eigenvalue weighted by atomic mass is 10.1. The van der Waals surface area contributed by atoms with Crippen LogP contribution in [0.15, 0.2) is 66.4 Å². The van der Waals surface area contributed by atoms with Gasteiger partial charge in [-0.2, -0.15) is 0 Å². The van der Waals surface area contributed by atoms with E-state index in [9.17, 15) is 23.9 Å². The SMILES string of the molecule is CCOc1cc(/C=C2/NC(=O)N(Cc3ccccc3F)C2=O)cc(Cl)c1OCc1cccc(C(=O)O)c1. The molecule has 3 aromatic rings. The molecule has 0 atom stereocenters. The van der Waals surface area contributed by atoms with Gasteiger partial charge in [-0.05, 0) is 54.5 Å². The zero-order valence-corrected chi connectivity index (χ0v) is 20.4. The van der Waals surface area contributed by atoms with E-state index in [1.807, 2.05) is 0 Å². The topological polar surface area (TPSA) is 105 Å². The lowest BCUT2D eigenvalue weighted by molar-refractivity contribution is -0.123. The maximum Gasteiger partial charge on any atom is 0.335 e. The molecular weight excluding hydrogens is 503 g/mol. The Morgan fingerprint density at radius 2 is 1.89 bits per heavy atom. The molecule has 0 aromatic heterocycles. The van der Waals surface area contributed by atoms with E-state index in [-0.39, 0.29) is 40.7 Å². The molecule has 0 aliphatic carbocycles. The van der Waals surface area contributed by atoms with Crippen molar-refractivity contribution in [2.24, 2.45) is 0 Å². The number of carboxylic acids is 1. The molecule has 10 heteroatoms. The summed E-state index contributed by atoms with van der Waals surface area (Å²) in [5.74, 6) is -1.63. The average Bonchev–Trinajstić information content (AvgIpc) is 3.12. The number of aromatic carboxylic acids is 1. The molecule has 0 radical (unpaired) electrons. The monoisotopic (exact) mass is 524 g/mol. The zero-order valence-electron chi connectivity index (χ0n) is 19.7. The van der Waals surface area contributed by atoms with Crippen molar-refractivity contribution in [3.05, 3.63) is 99.5 Å². The third kappa shape index (κ3) is 5.90. The predicted octanol–water partition coefficient (Wildman–Crippen LogP) is 5.25. The van der Waals surface area contributed by atoms with Gasteiger partial charge in [0.1, 0.15) is 18.1 Å². The van der Waals surface area contributed by atoms with E-state index in [0.717, 1.165) is 4.90 Å². The van der Waals surface area contributed by atoms with Gasteiger partial charge in [0, 0.05) is 5.56 Å². The van der Waals surface area contributed by atoms with Crippen molar-refractivity contribution >= 4 is 35.6 Å². The van der Waals surface area contributed by atoms with Crippen LogP contribution in [0.25, 0.3) is 6.08 Å². The van der Waals surface area contributed by atoms with Gasteiger partial charge in [-0.3, -0.25) is 9.69 Å². The van der Waals surface area contributed by atoms with Gasteiger partial charge in [-0.1, -0.05) is 41.9 Å². The normalized spacial score (nSPS) is 14.1. The lowest BCUT2D eigenvalue weighted by Crippen LogP contribution is -2.30. The van der Waals surface area contributed by atoms with E-state index in [0.29, 0.717) is 23.5 Å². The summed E-state index contributed by atoms with van der Waals surface area (Å²) in [6, 6.07) is 14.7. The Bertz CT molecular complexity index is 1410. The molecule has 3 amide bonds. The fourth-order valence-electron chi connectivity index (χ4n) is 3.70. The first-order valence-electron chi connectivity index (χ1n) is 11.3. The van der Waals surface area contributed by atoms with Crippen LogP contribution >= 0.6 is 11.6 Å². The van der Waals surface area contributed by atoms with Crippen molar-refractivity contribution < 1.29 is 33.4 Å². The van der Waals surface area contributed by atoms with Crippen LogP contribution in [0.4, 0.5) is 9.18 Å². The maximum absolute atomic E-state index is 14.0. The molecule has 0 saturated carbocycles. The second-order valence-electron chi connectivity index (χ2n) is 8.03. The van der Waals surface area contributed by atoms with E-state index in [1.165, 1.54) is 36.4 Å². The Hall–Kier alpha value is -4.37. The molecule has 0 spiro atoms. The number of benzene rings is 3. The standard InChI is InChI=1S/C27H22ClFN2O6/c1-2-36-23-13-17(11-20(28)24(23)37-15-16-6-5-8-18(10-16)26(33)34)12-22-25(32)31(27(35)30-22)14-19-7-3-4-9-21(19)29/h3-13H,2,14-15H2,1H3,(H,30,35)(H,33,34)/b22-12+. The first-order valence-corrected chi connectivity index (χ1v) is 11.6. The minimum Gasteiger partial charge on any atom is -0.490 e. The second-order valence-corrected chi connectivity index (χ2v) is 8.44. The molecule has 190 valence electrons. The number of rotatable bonds is 9. The number of urea groups is 1. The van der Waals surface area contributed by atoms with Crippen molar-refractivity contribution in [3.63, 3.8) is 0 Å². The smallest absolute Gasteiger partial charge is 0.335 e. The summed E-state index contributed by atoms with van der Waals surface area (Å²) < 4.78 is 25.5. The van der Waals surface area contributed by atoms with E-state index in [2.05, 4.69) is 5.32 Å². The fraction of sp³-hybridized carbons (Fsp3) is 0.148. The first-order chi connectivity index (χ1) is 17.8. The van der Waals surface area contributed by atoms with Gasteiger partial charge in [0.25, 0.3) is 5.91 Å². The number of carbonyl (C=O) groups excluding carboxylic acids is 2. The van der Waals surface area contributed by atoms with Crippen LogP contribution in [0.3, 0.4) is 0 Å². The highest BCUT2D eigenvalue weighted by Crippen LogP contribution is 2.38. The highest BCUT2D eigenvalue weighted by molar-refractivity contribution is 6.32. The summed E-state index contributed by atoms with van der Waals surface area (Å²) in [4.78, 5) is 37.4. The average molecular weight is 525 g/mol. The summed E-state index contributed by atoms with van der Waals surface area (Å²) in [5.41, 5.74) is 1.43. The lowest BCUT2D eigenvalue weighted by Gasteiger charge is -2.15. The van der Waals surface area contributed by atoms with Crippen molar-refractivity contribution in [1.82, 2.24) is 10.2 Å². The number of amides is 3. The number of imide groups is 1. The molecule has 1 aliphatic heterocycles. The molecular formula is C27H22ClFN2O6. The molecule has 1 heterocycles. The Morgan fingerprint density at radius 1 is 1.11 bits per heavy atom. The van der Waals surface area contributed by atoms with Crippen LogP contribution in [0.1, 0.15) is 34.0 Å².